The van der Waals surface area contributed by atoms with Gasteiger partial charge in [0.05, 0.1) is 17.0 Å². The van der Waals surface area contributed by atoms with Gasteiger partial charge in [-0.3, -0.25) is 4.79 Å². The number of carbonyl (C=O) groups excluding carboxylic acids is 1. The monoisotopic (exact) mass is 288 g/mol. The molecule has 3 rings (SSSR count). The molecule has 3 nitrogen and oxygen atoms in total. The smallest absolute Gasteiger partial charge is 0.252 e. The first-order chi connectivity index (χ1) is 9.76. The van der Waals surface area contributed by atoms with Crippen molar-refractivity contribution < 1.29 is 4.79 Å². The summed E-state index contributed by atoms with van der Waals surface area (Å²) in [6.07, 6.45) is 5.46. The Bertz CT molecular complexity index is 554. The van der Waals surface area contributed by atoms with Crippen molar-refractivity contribution in [3.8, 4) is 11.8 Å². The van der Waals surface area contributed by atoms with Crippen molar-refractivity contribution in [1.82, 2.24) is 5.32 Å². The summed E-state index contributed by atoms with van der Waals surface area (Å²) in [5.74, 6) is 8.29. The van der Waals surface area contributed by atoms with E-state index in [0.29, 0.717) is 12.5 Å². The molecule has 1 aromatic rings. The number of rotatable bonds is 3. The van der Waals surface area contributed by atoms with Gasteiger partial charge in [-0.05, 0) is 43.1 Å². The molecule has 0 aromatic carbocycles. The third kappa shape index (κ3) is 2.89. The molecule has 0 spiro atoms. The number of hydrogen-bond donors (Lipinski definition) is 2. The summed E-state index contributed by atoms with van der Waals surface area (Å²) >= 11 is 1.50. The zero-order chi connectivity index (χ0) is 13.9. The molecule has 2 saturated carbocycles. The SMILES string of the molecule is NCC#Cc1cc(C(=O)NCC2CC3CCC2C3)cs1. The van der Waals surface area contributed by atoms with Gasteiger partial charge in [-0.15, -0.1) is 11.3 Å². The van der Waals surface area contributed by atoms with E-state index in [4.69, 9.17) is 5.73 Å². The van der Waals surface area contributed by atoms with E-state index >= 15 is 0 Å². The Hall–Kier alpha value is -1.31. The molecule has 2 bridgehead atoms. The molecule has 20 heavy (non-hydrogen) atoms. The van der Waals surface area contributed by atoms with Gasteiger partial charge < -0.3 is 11.1 Å². The van der Waals surface area contributed by atoms with E-state index in [1.54, 1.807) is 0 Å². The Balaban J connectivity index is 1.53. The van der Waals surface area contributed by atoms with Crippen LogP contribution in [-0.4, -0.2) is 19.0 Å². The number of carbonyl (C=O) groups is 1. The molecule has 0 radical (unpaired) electrons. The number of fused-ring (bicyclic) bond motifs is 2. The van der Waals surface area contributed by atoms with E-state index in [2.05, 4.69) is 17.2 Å². The maximum absolute atomic E-state index is 12.1. The molecule has 3 unspecified atom stereocenters. The standard InChI is InChI=1S/C16H20N2OS/c17-5-1-2-15-8-14(10-20-15)16(19)18-9-13-7-11-3-4-12(13)6-11/h8,10-13H,3-7,9,17H2,(H,18,19). The number of nitrogens with one attached hydrogen (secondary N) is 1. The van der Waals surface area contributed by atoms with Crippen LogP contribution in [0.2, 0.25) is 0 Å². The fraction of sp³-hybridized carbons (Fsp3) is 0.562. The van der Waals surface area contributed by atoms with Gasteiger partial charge >= 0.3 is 0 Å². The lowest BCUT2D eigenvalue weighted by molar-refractivity contribution is 0.0942. The lowest BCUT2D eigenvalue weighted by Crippen LogP contribution is -2.31. The molecule has 1 amide bonds. The number of hydrogen-bond acceptors (Lipinski definition) is 3. The number of thiophene rings is 1. The Kier molecular flexibility index (Phi) is 4.09. The van der Waals surface area contributed by atoms with Gasteiger partial charge in [0.25, 0.3) is 5.91 Å². The second kappa shape index (κ2) is 5.99. The summed E-state index contributed by atoms with van der Waals surface area (Å²) in [6.45, 7) is 1.18. The van der Waals surface area contributed by atoms with Gasteiger partial charge in [-0.25, -0.2) is 0 Å². The van der Waals surface area contributed by atoms with Crippen LogP contribution in [0.3, 0.4) is 0 Å². The minimum Gasteiger partial charge on any atom is -0.352 e. The second-order valence-electron chi connectivity index (χ2n) is 5.85. The Morgan fingerprint density at radius 2 is 2.35 bits per heavy atom. The molecule has 1 heterocycles. The summed E-state index contributed by atoms with van der Waals surface area (Å²) in [7, 11) is 0. The van der Waals surface area contributed by atoms with E-state index in [9.17, 15) is 4.79 Å². The van der Waals surface area contributed by atoms with Crippen molar-refractivity contribution >= 4 is 17.2 Å². The third-order valence-corrected chi connectivity index (χ3v) is 5.43. The molecular formula is C16H20N2OS. The van der Waals surface area contributed by atoms with Crippen LogP contribution in [0.15, 0.2) is 11.4 Å². The van der Waals surface area contributed by atoms with Crippen molar-refractivity contribution in [3.63, 3.8) is 0 Å². The first-order valence-electron chi connectivity index (χ1n) is 7.32. The molecule has 106 valence electrons. The molecule has 3 atom stereocenters. The average molecular weight is 288 g/mol. The van der Waals surface area contributed by atoms with E-state index in [-0.39, 0.29) is 5.91 Å². The number of amides is 1. The molecule has 2 fully saturated rings. The molecular weight excluding hydrogens is 268 g/mol. The lowest BCUT2D eigenvalue weighted by Gasteiger charge is -2.21. The summed E-state index contributed by atoms with van der Waals surface area (Å²) in [5, 5.41) is 4.96. The maximum Gasteiger partial charge on any atom is 0.252 e. The summed E-state index contributed by atoms with van der Waals surface area (Å²) < 4.78 is 0. The van der Waals surface area contributed by atoms with Crippen LogP contribution in [-0.2, 0) is 0 Å². The topological polar surface area (TPSA) is 55.1 Å². The van der Waals surface area contributed by atoms with Gasteiger partial charge in [-0.2, -0.15) is 0 Å². The fourth-order valence-electron chi connectivity index (χ4n) is 3.61. The van der Waals surface area contributed by atoms with Crippen LogP contribution in [0.5, 0.6) is 0 Å². The predicted molar refractivity (Wildman–Crippen MR) is 81.5 cm³/mol. The normalized spacial score (nSPS) is 27.1. The van der Waals surface area contributed by atoms with E-state index in [1.165, 1.54) is 37.0 Å². The van der Waals surface area contributed by atoms with Gasteiger partial charge in [0, 0.05) is 11.9 Å². The van der Waals surface area contributed by atoms with Crippen molar-refractivity contribution in [2.45, 2.75) is 25.7 Å². The zero-order valence-electron chi connectivity index (χ0n) is 11.5. The Morgan fingerprint density at radius 3 is 3.05 bits per heavy atom. The zero-order valence-corrected chi connectivity index (χ0v) is 12.3. The fourth-order valence-corrected chi connectivity index (χ4v) is 4.37. The maximum atomic E-state index is 12.1. The van der Waals surface area contributed by atoms with E-state index in [1.807, 2.05) is 11.4 Å². The first kappa shape index (κ1) is 13.7. The highest BCUT2D eigenvalue weighted by Crippen LogP contribution is 2.47. The Morgan fingerprint density at radius 1 is 1.45 bits per heavy atom. The minimum absolute atomic E-state index is 0.0322. The molecule has 2 aliphatic rings. The van der Waals surface area contributed by atoms with Crippen LogP contribution in [0.4, 0.5) is 0 Å². The summed E-state index contributed by atoms with van der Waals surface area (Å²) in [4.78, 5) is 13.0. The van der Waals surface area contributed by atoms with Gasteiger partial charge in [-0.1, -0.05) is 18.3 Å². The van der Waals surface area contributed by atoms with Crippen LogP contribution < -0.4 is 11.1 Å². The molecule has 1 aromatic heterocycles. The predicted octanol–water partition coefficient (Wildman–Crippen LogP) is 2.22. The van der Waals surface area contributed by atoms with Crippen molar-refractivity contribution in [1.29, 1.82) is 0 Å². The van der Waals surface area contributed by atoms with E-state index < -0.39 is 0 Å². The first-order valence-corrected chi connectivity index (χ1v) is 8.20. The molecule has 3 N–H and O–H groups in total. The number of nitrogens with two attached hydrogens (primary N) is 1. The average Bonchev–Trinajstić information content (AvgIpc) is 3.18. The summed E-state index contributed by atoms with van der Waals surface area (Å²) in [5.41, 5.74) is 6.06. The minimum atomic E-state index is 0.0322. The summed E-state index contributed by atoms with van der Waals surface area (Å²) in [6, 6.07) is 1.85. The highest BCUT2D eigenvalue weighted by atomic mass is 32.1. The van der Waals surface area contributed by atoms with E-state index in [0.717, 1.165) is 28.8 Å². The van der Waals surface area contributed by atoms with Crippen LogP contribution >= 0.6 is 11.3 Å². The van der Waals surface area contributed by atoms with Gasteiger partial charge in [0.1, 0.15) is 0 Å². The van der Waals surface area contributed by atoms with Crippen LogP contribution in [0.25, 0.3) is 0 Å². The molecule has 4 heteroatoms. The van der Waals surface area contributed by atoms with Gasteiger partial charge in [0.2, 0.25) is 0 Å². The second-order valence-corrected chi connectivity index (χ2v) is 6.76. The van der Waals surface area contributed by atoms with Crippen molar-refractivity contribution in [2.75, 3.05) is 13.1 Å². The molecule has 2 aliphatic carbocycles. The van der Waals surface area contributed by atoms with Crippen LogP contribution in [0.1, 0.15) is 40.9 Å². The largest absolute Gasteiger partial charge is 0.352 e. The molecule has 0 saturated heterocycles. The van der Waals surface area contributed by atoms with Crippen LogP contribution in [0, 0.1) is 29.6 Å². The highest BCUT2D eigenvalue weighted by Gasteiger charge is 2.39. The Labute approximate surface area is 123 Å². The molecule has 0 aliphatic heterocycles. The third-order valence-electron chi connectivity index (χ3n) is 4.58. The van der Waals surface area contributed by atoms with Crippen molar-refractivity contribution in [2.24, 2.45) is 23.5 Å². The highest BCUT2D eigenvalue weighted by molar-refractivity contribution is 7.10. The van der Waals surface area contributed by atoms with Gasteiger partial charge in [0.15, 0.2) is 0 Å². The lowest BCUT2D eigenvalue weighted by atomic mass is 9.89. The quantitative estimate of drug-likeness (QED) is 0.838. The van der Waals surface area contributed by atoms with Crippen molar-refractivity contribution in [3.05, 3.63) is 21.9 Å².